The zero-order chi connectivity index (χ0) is 26.0. The van der Waals surface area contributed by atoms with E-state index < -0.39 is 0 Å². The van der Waals surface area contributed by atoms with E-state index in [4.69, 9.17) is 9.31 Å². The van der Waals surface area contributed by atoms with Crippen molar-refractivity contribution < 1.29 is 9.31 Å². The van der Waals surface area contributed by atoms with E-state index in [0.29, 0.717) is 0 Å². The van der Waals surface area contributed by atoms with E-state index in [2.05, 4.69) is 128 Å². The Bertz CT molecular complexity index is 1470. The van der Waals surface area contributed by atoms with Gasteiger partial charge in [-0.2, -0.15) is 0 Å². The Balaban J connectivity index is 1.65. The van der Waals surface area contributed by atoms with E-state index in [1.165, 1.54) is 60.3 Å². The summed E-state index contributed by atoms with van der Waals surface area (Å²) >= 11 is 0. The van der Waals surface area contributed by atoms with Crippen molar-refractivity contribution in [3.05, 3.63) is 60.7 Å². The van der Waals surface area contributed by atoms with Crippen LogP contribution in [0.3, 0.4) is 0 Å². The fraction of sp³-hybridized carbons (Fsp3) is 0.214. The van der Waals surface area contributed by atoms with Crippen molar-refractivity contribution in [1.82, 2.24) is 0 Å². The van der Waals surface area contributed by atoms with Gasteiger partial charge in [-0.05, 0) is 66.2 Å². The first-order valence-corrected chi connectivity index (χ1v) is 13.0. The molecule has 0 unspecified atom stereocenters. The van der Waals surface area contributed by atoms with Gasteiger partial charge in [-0.3, -0.25) is 0 Å². The molecule has 0 N–H and O–H groups in total. The number of rotatable bonds is 3. The molecule has 0 bridgehead atoms. The highest BCUT2D eigenvalue weighted by Gasteiger charge is 2.51. The summed E-state index contributed by atoms with van der Waals surface area (Å²) in [6.07, 6.45) is 0. The molecular formula is C28H32B6O2. The summed E-state index contributed by atoms with van der Waals surface area (Å²) in [6, 6.07) is 22.0. The molecule has 5 rings (SSSR count). The number of fused-ring (bicyclic) bond motifs is 1. The summed E-state index contributed by atoms with van der Waals surface area (Å²) in [6.45, 7) is 8.40. The van der Waals surface area contributed by atoms with E-state index in [0.717, 1.165) is 5.46 Å². The molecule has 4 aromatic rings. The number of hydrogen-bond donors (Lipinski definition) is 0. The second kappa shape index (κ2) is 8.78. The molecule has 0 amide bonds. The topological polar surface area (TPSA) is 18.5 Å². The maximum absolute atomic E-state index is 6.34. The smallest absolute Gasteiger partial charge is 0.399 e. The summed E-state index contributed by atoms with van der Waals surface area (Å²) in [7, 11) is 10.9. The maximum atomic E-state index is 6.34. The van der Waals surface area contributed by atoms with E-state index in [9.17, 15) is 0 Å². The first kappa shape index (κ1) is 25.1. The van der Waals surface area contributed by atoms with Crippen LogP contribution in [0.4, 0.5) is 0 Å². The van der Waals surface area contributed by atoms with Crippen molar-refractivity contribution in [3.63, 3.8) is 0 Å². The van der Waals surface area contributed by atoms with Crippen LogP contribution in [0, 0.1) is 0 Å². The average molecular weight is 465 g/mol. The third-order valence-electron chi connectivity index (χ3n) is 8.91. The van der Waals surface area contributed by atoms with Crippen molar-refractivity contribution in [2.24, 2.45) is 0 Å². The second-order valence-corrected chi connectivity index (χ2v) is 11.4. The highest BCUT2D eigenvalue weighted by Crippen LogP contribution is 2.37. The first-order valence-electron chi connectivity index (χ1n) is 13.0. The van der Waals surface area contributed by atoms with Gasteiger partial charge in [0.2, 0.25) is 0 Å². The molecule has 174 valence electrons. The second-order valence-electron chi connectivity index (χ2n) is 11.4. The molecule has 0 radical (unpaired) electrons. The Kier molecular flexibility index (Phi) is 6.13. The maximum Gasteiger partial charge on any atom is 0.494 e. The molecule has 1 saturated heterocycles. The van der Waals surface area contributed by atoms with E-state index in [1.54, 1.807) is 0 Å². The predicted molar refractivity (Wildman–Crippen MR) is 171 cm³/mol. The molecule has 0 spiro atoms. The summed E-state index contributed by atoms with van der Waals surface area (Å²) < 4.78 is 12.7. The van der Waals surface area contributed by atoms with Gasteiger partial charge in [-0.15, -0.1) is 16.4 Å². The van der Waals surface area contributed by atoms with Gasteiger partial charge in [0.1, 0.15) is 39.2 Å². The minimum Gasteiger partial charge on any atom is -0.399 e. The molecule has 1 aliphatic heterocycles. The molecule has 0 atom stereocenters. The lowest BCUT2D eigenvalue weighted by molar-refractivity contribution is 0.00578. The lowest BCUT2D eigenvalue weighted by atomic mass is 9.59. The van der Waals surface area contributed by atoms with Gasteiger partial charge in [0.15, 0.2) is 0 Å². The Morgan fingerprint density at radius 1 is 0.583 bits per heavy atom. The van der Waals surface area contributed by atoms with Crippen LogP contribution in [0.25, 0.3) is 33.0 Å². The third kappa shape index (κ3) is 3.90. The molecule has 1 heterocycles. The minimum absolute atomic E-state index is 0.359. The van der Waals surface area contributed by atoms with Gasteiger partial charge in [0.05, 0.1) is 11.2 Å². The van der Waals surface area contributed by atoms with Crippen LogP contribution in [0.2, 0.25) is 0 Å². The van der Waals surface area contributed by atoms with Crippen molar-refractivity contribution in [2.45, 2.75) is 38.9 Å². The van der Waals surface area contributed by atoms with Gasteiger partial charge in [0.25, 0.3) is 0 Å². The lowest BCUT2D eigenvalue weighted by Gasteiger charge is -2.32. The molecule has 1 fully saturated rings. The van der Waals surface area contributed by atoms with E-state index in [1.807, 2.05) is 0 Å². The third-order valence-corrected chi connectivity index (χ3v) is 8.91. The van der Waals surface area contributed by atoms with Crippen LogP contribution < -0.4 is 32.8 Å². The summed E-state index contributed by atoms with van der Waals surface area (Å²) in [5.74, 6) is 0. The Hall–Kier alpha value is -2.55. The van der Waals surface area contributed by atoms with Gasteiger partial charge >= 0.3 is 7.12 Å². The Morgan fingerprint density at radius 3 is 1.64 bits per heavy atom. The molecule has 1 aliphatic rings. The van der Waals surface area contributed by atoms with Gasteiger partial charge in [-0.25, -0.2) is 0 Å². The molecule has 0 saturated carbocycles. The fourth-order valence-corrected chi connectivity index (χ4v) is 5.52. The van der Waals surface area contributed by atoms with Crippen molar-refractivity contribution >= 4 is 89.9 Å². The molecular weight excluding hydrogens is 433 g/mol. The molecule has 36 heavy (non-hydrogen) atoms. The number of hydrogen-bond acceptors (Lipinski definition) is 2. The molecule has 2 nitrogen and oxygen atoms in total. The molecule has 0 aromatic heterocycles. The van der Waals surface area contributed by atoms with E-state index >= 15 is 0 Å². The van der Waals surface area contributed by atoms with Crippen LogP contribution in [0.1, 0.15) is 27.7 Å². The largest absolute Gasteiger partial charge is 0.494 e. The fourth-order valence-electron chi connectivity index (χ4n) is 5.52. The molecule has 8 heteroatoms. The van der Waals surface area contributed by atoms with Gasteiger partial charge in [-0.1, -0.05) is 71.6 Å². The SMILES string of the molecule is Bc1c(B)c(B)c(-c2cccc3c(-c4cccc(B5OC(C)(C)C(C)(C)O5)c4)cccc23)c(B)c1B. The zero-order valence-electron chi connectivity index (χ0n) is 23.2. The first-order chi connectivity index (χ1) is 16.9. The van der Waals surface area contributed by atoms with Crippen molar-refractivity contribution in [3.8, 4) is 22.3 Å². The molecule has 4 aromatic carbocycles. The standard InChI is InChI=1S/C28H32B6O2/c1-27(2)28(3,4)36-34(35-27)16-9-5-8-15(14-16)17-10-6-12-19-18(17)11-7-13-20(19)21-22(29)24(31)26(33)25(32)23(21)30/h5-14H,29-33H2,1-4H3. The minimum atomic E-state index is -0.371. The van der Waals surface area contributed by atoms with E-state index in [-0.39, 0.29) is 18.3 Å². The van der Waals surface area contributed by atoms with Crippen LogP contribution in [-0.4, -0.2) is 57.6 Å². The van der Waals surface area contributed by atoms with Crippen molar-refractivity contribution in [1.29, 1.82) is 0 Å². The Labute approximate surface area is 220 Å². The van der Waals surface area contributed by atoms with Gasteiger partial charge < -0.3 is 9.31 Å². The zero-order valence-corrected chi connectivity index (χ0v) is 23.2. The Morgan fingerprint density at radius 2 is 1.06 bits per heavy atom. The van der Waals surface area contributed by atoms with Gasteiger partial charge in [0, 0.05) is 0 Å². The quantitative estimate of drug-likeness (QED) is 0.319. The monoisotopic (exact) mass is 466 g/mol. The summed E-state index contributed by atoms with van der Waals surface area (Å²) in [5.41, 5.74) is 12.3. The van der Waals surface area contributed by atoms with Crippen LogP contribution >= 0.6 is 0 Å². The predicted octanol–water partition coefficient (Wildman–Crippen LogP) is -2.23. The van der Waals surface area contributed by atoms with Crippen LogP contribution in [-0.2, 0) is 9.31 Å². The lowest BCUT2D eigenvalue weighted by Crippen LogP contribution is -2.55. The average Bonchev–Trinajstić information content (AvgIpc) is 3.08. The molecule has 0 aliphatic carbocycles. The highest BCUT2D eigenvalue weighted by atomic mass is 16.7. The number of benzene rings is 4. The normalized spacial score (nSPS) is 16.5. The van der Waals surface area contributed by atoms with Crippen LogP contribution in [0.15, 0.2) is 60.7 Å². The summed E-state index contributed by atoms with van der Waals surface area (Å²) in [5, 5.41) is 2.54. The van der Waals surface area contributed by atoms with Crippen LogP contribution in [0.5, 0.6) is 0 Å². The van der Waals surface area contributed by atoms with Crippen molar-refractivity contribution in [2.75, 3.05) is 0 Å². The summed E-state index contributed by atoms with van der Waals surface area (Å²) in [4.78, 5) is 0. The highest BCUT2D eigenvalue weighted by molar-refractivity contribution is 6.69.